The minimum Gasteiger partial charge on any atom is -0.491 e. The van der Waals surface area contributed by atoms with Crippen molar-refractivity contribution in [2.45, 2.75) is 39.6 Å². The Balaban J connectivity index is 1.57. The third-order valence-electron chi connectivity index (χ3n) is 3.55. The zero-order valence-electron chi connectivity index (χ0n) is 13.4. The quantitative estimate of drug-likeness (QED) is 0.918. The first-order valence-electron chi connectivity index (χ1n) is 7.79. The molecule has 0 atom stereocenters. The molecule has 1 aromatic carbocycles. The fourth-order valence-electron chi connectivity index (χ4n) is 2.43. The van der Waals surface area contributed by atoms with E-state index in [2.05, 4.69) is 10.3 Å². The topological polar surface area (TPSA) is 65.4 Å². The van der Waals surface area contributed by atoms with Crippen LogP contribution < -0.4 is 10.1 Å². The lowest BCUT2D eigenvalue weighted by Gasteiger charge is -2.13. The number of fused-ring (bicyclic) bond motifs is 1. The molecule has 0 saturated heterocycles. The molecule has 1 aliphatic rings. The van der Waals surface area contributed by atoms with Crippen molar-refractivity contribution in [3.8, 4) is 5.75 Å². The van der Waals surface area contributed by atoms with Gasteiger partial charge in [-0.25, -0.2) is 4.98 Å². The van der Waals surface area contributed by atoms with Crippen molar-refractivity contribution in [2.75, 3.05) is 6.61 Å². The molecule has 0 radical (unpaired) electrons. The summed E-state index contributed by atoms with van der Waals surface area (Å²) in [6.45, 7) is 6.31. The number of aromatic nitrogens is 2. The van der Waals surface area contributed by atoms with Crippen LogP contribution in [0.2, 0.25) is 0 Å². The van der Waals surface area contributed by atoms with Crippen molar-refractivity contribution in [3.05, 3.63) is 47.5 Å². The first-order chi connectivity index (χ1) is 11.1. The smallest absolute Gasteiger partial charge is 0.271 e. The van der Waals surface area contributed by atoms with Crippen LogP contribution >= 0.6 is 0 Å². The maximum Gasteiger partial charge on any atom is 0.271 e. The summed E-state index contributed by atoms with van der Waals surface area (Å²) >= 11 is 0. The van der Waals surface area contributed by atoms with Crippen LogP contribution in [-0.4, -0.2) is 28.2 Å². The van der Waals surface area contributed by atoms with Crippen LogP contribution in [-0.2, 0) is 24.4 Å². The predicted molar refractivity (Wildman–Crippen MR) is 85.3 cm³/mol. The van der Waals surface area contributed by atoms with E-state index in [0.29, 0.717) is 25.5 Å². The molecule has 0 bridgehead atoms. The Hall–Kier alpha value is -2.34. The number of carbonyl (C=O) groups is 1. The summed E-state index contributed by atoms with van der Waals surface area (Å²) in [5, 5.41) is 2.89. The molecule has 122 valence electrons. The van der Waals surface area contributed by atoms with Gasteiger partial charge in [0.05, 0.1) is 12.7 Å². The molecule has 0 aliphatic carbocycles. The third-order valence-corrected chi connectivity index (χ3v) is 3.55. The Bertz CT molecular complexity index is 653. The van der Waals surface area contributed by atoms with Gasteiger partial charge in [-0.2, -0.15) is 0 Å². The monoisotopic (exact) mass is 315 g/mol. The molecule has 0 unspecified atom stereocenters. The maximum atomic E-state index is 12.2. The van der Waals surface area contributed by atoms with E-state index in [9.17, 15) is 4.79 Å². The first kappa shape index (κ1) is 15.6. The fraction of sp³-hybridized carbons (Fsp3) is 0.412. The van der Waals surface area contributed by atoms with Crippen molar-refractivity contribution in [1.29, 1.82) is 0 Å². The number of amides is 1. The molecule has 2 aromatic rings. The molecule has 23 heavy (non-hydrogen) atoms. The van der Waals surface area contributed by atoms with Gasteiger partial charge in [-0.3, -0.25) is 4.79 Å². The maximum absolute atomic E-state index is 12.2. The van der Waals surface area contributed by atoms with E-state index in [0.717, 1.165) is 23.7 Å². The van der Waals surface area contributed by atoms with Gasteiger partial charge in [0.15, 0.2) is 0 Å². The molecule has 1 aliphatic heterocycles. The predicted octanol–water partition coefficient (Wildman–Crippen LogP) is 2.13. The first-order valence-corrected chi connectivity index (χ1v) is 7.79. The van der Waals surface area contributed by atoms with E-state index in [4.69, 9.17) is 9.47 Å². The van der Waals surface area contributed by atoms with Crippen LogP contribution in [0.3, 0.4) is 0 Å². The van der Waals surface area contributed by atoms with Crippen molar-refractivity contribution in [3.63, 3.8) is 0 Å². The van der Waals surface area contributed by atoms with Gasteiger partial charge in [0.1, 0.15) is 23.9 Å². The Kier molecular flexibility index (Phi) is 4.62. The average Bonchev–Trinajstić information content (AvgIpc) is 2.97. The largest absolute Gasteiger partial charge is 0.491 e. The van der Waals surface area contributed by atoms with Crippen LogP contribution in [0.1, 0.15) is 35.7 Å². The van der Waals surface area contributed by atoms with Gasteiger partial charge in [-0.1, -0.05) is 12.1 Å². The summed E-state index contributed by atoms with van der Waals surface area (Å²) in [6.07, 6.45) is 1.93. The van der Waals surface area contributed by atoms with Crippen LogP contribution in [0.5, 0.6) is 5.75 Å². The highest BCUT2D eigenvalue weighted by Gasteiger charge is 2.16. The number of nitrogens with one attached hydrogen (secondary N) is 1. The van der Waals surface area contributed by atoms with E-state index >= 15 is 0 Å². The minimum atomic E-state index is -0.172. The summed E-state index contributed by atoms with van der Waals surface area (Å²) in [5.74, 6) is 1.46. The molecule has 1 aromatic heterocycles. The molecule has 0 fully saturated rings. The number of carbonyl (C=O) groups excluding carboxylic acids is 1. The molecule has 0 saturated carbocycles. The second-order valence-electron chi connectivity index (χ2n) is 5.78. The molecular formula is C17H21N3O3. The van der Waals surface area contributed by atoms with Crippen LogP contribution in [0.15, 0.2) is 30.5 Å². The molecule has 1 amide bonds. The fourth-order valence-corrected chi connectivity index (χ4v) is 2.43. The van der Waals surface area contributed by atoms with Crippen LogP contribution in [0.25, 0.3) is 0 Å². The van der Waals surface area contributed by atoms with E-state index < -0.39 is 0 Å². The highest BCUT2D eigenvalue weighted by molar-refractivity contribution is 5.92. The number of rotatable bonds is 5. The molecule has 6 nitrogen and oxygen atoms in total. The minimum absolute atomic E-state index is 0.150. The van der Waals surface area contributed by atoms with Gasteiger partial charge in [0.25, 0.3) is 5.91 Å². The number of imidazole rings is 1. The van der Waals surface area contributed by atoms with Gasteiger partial charge in [-0.05, 0) is 31.5 Å². The normalized spacial score (nSPS) is 13.7. The number of hydrogen-bond donors (Lipinski definition) is 1. The zero-order valence-corrected chi connectivity index (χ0v) is 13.4. The standard InChI is InChI=1S/C17H21N3O3/c1-12(2)23-14-5-3-13(4-6-14)9-18-17(21)15-10-20-7-8-22-11-16(20)19-15/h3-6,10,12H,7-9,11H2,1-2H3,(H,18,21). The highest BCUT2D eigenvalue weighted by atomic mass is 16.5. The van der Waals surface area contributed by atoms with Crippen molar-refractivity contribution in [1.82, 2.24) is 14.9 Å². The SMILES string of the molecule is CC(C)Oc1ccc(CNC(=O)c2cn3c(n2)COCC3)cc1. The van der Waals surface area contributed by atoms with Crippen molar-refractivity contribution in [2.24, 2.45) is 0 Å². The van der Waals surface area contributed by atoms with E-state index in [-0.39, 0.29) is 12.0 Å². The molecule has 6 heteroatoms. The summed E-state index contributed by atoms with van der Waals surface area (Å²) in [6, 6.07) is 7.72. The average molecular weight is 315 g/mol. The Morgan fingerprint density at radius 1 is 1.39 bits per heavy atom. The van der Waals surface area contributed by atoms with Crippen LogP contribution in [0.4, 0.5) is 0 Å². The lowest BCUT2D eigenvalue weighted by atomic mass is 10.2. The molecule has 1 N–H and O–H groups in total. The van der Waals surface area contributed by atoms with Gasteiger partial charge in [0, 0.05) is 19.3 Å². The van der Waals surface area contributed by atoms with Crippen LogP contribution in [0, 0.1) is 0 Å². The van der Waals surface area contributed by atoms with Crippen molar-refractivity contribution >= 4 is 5.91 Å². The summed E-state index contributed by atoms with van der Waals surface area (Å²) < 4.78 is 12.9. The molecule has 3 rings (SSSR count). The Morgan fingerprint density at radius 2 is 2.17 bits per heavy atom. The Morgan fingerprint density at radius 3 is 2.87 bits per heavy atom. The van der Waals surface area contributed by atoms with Gasteiger partial charge in [0.2, 0.25) is 0 Å². The van der Waals surface area contributed by atoms with Crippen molar-refractivity contribution < 1.29 is 14.3 Å². The summed E-state index contributed by atoms with van der Waals surface area (Å²) in [4.78, 5) is 16.5. The lowest BCUT2D eigenvalue weighted by Crippen LogP contribution is -2.23. The Labute approximate surface area is 135 Å². The highest BCUT2D eigenvalue weighted by Crippen LogP contribution is 2.14. The second-order valence-corrected chi connectivity index (χ2v) is 5.78. The molecule has 2 heterocycles. The van der Waals surface area contributed by atoms with Gasteiger partial charge in [-0.15, -0.1) is 0 Å². The summed E-state index contributed by atoms with van der Waals surface area (Å²) in [7, 11) is 0. The number of hydrogen-bond acceptors (Lipinski definition) is 4. The summed E-state index contributed by atoms with van der Waals surface area (Å²) in [5.41, 5.74) is 1.45. The number of nitrogens with zero attached hydrogens (tertiary/aromatic N) is 2. The van der Waals surface area contributed by atoms with E-state index in [1.165, 1.54) is 0 Å². The second kappa shape index (κ2) is 6.83. The van der Waals surface area contributed by atoms with Gasteiger partial charge < -0.3 is 19.4 Å². The van der Waals surface area contributed by atoms with E-state index in [1.807, 2.05) is 42.7 Å². The van der Waals surface area contributed by atoms with E-state index in [1.54, 1.807) is 6.20 Å². The number of benzene rings is 1. The third kappa shape index (κ3) is 3.90. The molecular weight excluding hydrogens is 294 g/mol. The lowest BCUT2D eigenvalue weighted by molar-refractivity contribution is 0.0816. The zero-order chi connectivity index (χ0) is 16.2. The van der Waals surface area contributed by atoms with Gasteiger partial charge >= 0.3 is 0 Å². The number of ether oxygens (including phenoxy) is 2. The molecule has 0 spiro atoms.